The highest BCUT2D eigenvalue weighted by Gasteiger charge is 2.21. The van der Waals surface area contributed by atoms with Crippen LogP contribution in [-0.2, 0) is 14.3 Å². The van der Waals surface area contributed by atoms with Crippen LogP contribution in [-0.4, -0.2) is 30.4 Å². The number of hydrogen-bond acceptors (Lipinski definition) is 4. The normalized spacial score (nSPS) is 16.3. The second-order valence-electron chi connectivity index (χ2n) is 5.46. The van der Waals surface area contributed by atoms with Gasteiger partial charge in [-0.3, -0.25) is 9.78 Å². The van der Waals surface area contributed by atoms with Gasteiger partial charge in [-0.05, 0) is 25.0 Å². The Balaban J connectivity index is 1.67. The number of anilines is 1. The molecular weight excluding hydrogens is 292 g/mol. The van der Waals surface area contributed by atoms with E-state index in [1.54, 1.807) is 12.3 Å². The average molecular weight is 312 g/mol. The molecule has 5 heteroatoms. The summed E-state index contributed by atoms with van der Waals surface area (Å²) in [4.78, 5) is 16.8. The van der Waals surface area contributed by atoms with Crippen LogP contribution in [0.5, 0.6) is 0 Å². The monoisotopic (exact) mass is 312 g/mol. The number of rotatable bonds is 6. The third kappa shape index (κ3) is 3.75. The van der Waals surface area contributed by atoms with Gasteiger partial charge in [-0.2, -0.15) is 0 Å². The molecule has 0 radical (unpaired) electrons. The van der Waals surface area contributed by atoms with Gasteiger partial charge in [0.25, 0.3) is 0 Å². The Morgan fingerprint density at radius 1 is 1.35 bits per heavy atom. The van der Waals surface area contributed by atoms with E-state index in [4.69, 9.17) is 9.47 Å². The molecular formula is C18H20N2O3. The van der Waals surface area contributed by atoms with Crippen LogP contribution in [0.2, 0.25) is 0 Å². The van der Waals surface area contributed by atoms with Crippen LogP contribution in [0, 0.1) is 5.92 Å². The van der Waals surface area contributed by atoms with Crippen molar-refractivity contribution >= 4 is 22.5 Å². The largest absolute Gasteiger partial charge is 0.350 e. The van der Waals surface area contributed by atoms with E-state index in [9.17, 15) is 4.79 Å². The van der Waals surface area contributed by atoms with Crippen LogP contribution >= 0.6 is 0 Å². The maximum Gasteiger partial charge on any atom is 0.231 e. The first-order valence-corrected chi connectivity index (χ1v) is 7.78. The molecule has 1 aliphatic rings. The lowest BCUT2D eigenvalue weighted by molar-refractivity contribution is -0.119. The van der Waals surface area contributed by atoms with Crippen molar-refractivity contribution in [3.05, 3.63) is 49.2 Å². The zero-order chi connectivity index (χ0) is 16.1. The lowest BCUT2D eigenvalue weighted by Gasteiger charge is -2.15. The molecule has 5 nitrogen and oxygen atoms in total. The van der Waals surface area contributed by atoms with Gasteiger partial charge >= 0.3 is 0 Å². The van der Waals surface area contributed by atoms with E-state index < -0.39 is 0 Å². The number of carbonyl (C=O) groups excluding carboxylic acids is 1. The zero-order valence-corrected chi connectivity index (χ0v) is 12.9. The summed E-state index contributed by atoms with van der Waals surface area (Å²) in [5.74, 6) is -0.377. The summed E-state index contributed by atoms with van der Waals surface area (Å²) in [5, 5.41) is 3.95. The van der Waals surface area contributed by atoms with Crippen molar-refractivity contribution in [1.82, 2.24) is 4.98 Å². The van der Waals surface area contributed by atoms with Crippen molar-refractivity contribution in [3.63, 3.8) is 0 Å². The van der Waals surface area contributed by atoms with E-state index in [1.807, 2.05) is 30.3 Å². The van der Waals surface area contributed by atoms with Gasteiger partial charge in [0, 0.05) is 11.6 Å². The maximum absolute atomic E-state index is 12.5. The summed E-state index contributed by atoms with van der Waals surface area (Å²) < 4.78 is 10.8. The van der Waals surface area contributed by atoms with Gasteiger partial charge in [0.1, 0.15) is 0 Å². The first-order valence-electron chi connectivity index (χ1n) is 7.78. The molecule has 120 valence electrons. The molecule has 1 N–H and O–H groups in total. The zero-order valence-electron chi connectivity index (χ0n) is 12.9. The van der Waals surface area contributed by atoms with E-state index in [-0.39, 0.29) is 18.1 Å². The number of hydrogen-bond donors (Lipinski definition) is 1. The Morgan fingerprint density at radius 3 is 2.91 bits per heavy atom. The summed E-state index contributed by atoms with van der Waals surface area (Å²) in [7, 11) is 0. The summed E-state index contributed by atoms with van der Waals surface area (Å²) in [6.07, 6.45) is 4.50. The number of carbonyl (C=O) groups is 1. The molecule has 0 saturated carbocycles. The predicted octanol–water partition coefficient (Wildman–Crippen LogP) is 3.13. The molecule has 1 unspecified atom stereocenters. The van der Waals surface area contributed by atoms with Gasteiger partial charge in [-0.1, -0.05) is 24.3 Å². The standard InChI is InChI=1S/C18H20N2O3/c1-2-13(8-9-16-22-11-12-23-16)18(21)20-15-7-3-5-14-6-4-10-19-17(14)15/h2-7,10,13,16H,1,8-9,11-12H2,(H,20,21). The van der Waals surface area contributed by atoms with E-state index in [1.165, 1.54) is 0 Å². The quantitative estimate of drug-likeness (QED) is 0.833. The number of benzene rings is 1. The van der Waals surface area contributed by atoms with E-state index in [0.29, 0.717) is 31.7 Å². The second-order valence-corrected chi connectivity index (χ2v) is 5.46. The van der Waals surface area contributed by atoms with Gasteiger partial charge in [0.2, 0.25) is 5.91 Å². The predicted molar refractivity (Wildman–Crippen MR) is 89.0 cm³/mol. The number of para-hydroxylation sites is 1. The van der Waals surface area contributed by atoms with Gasteiger partial charge < -0.3 is 14.8 Å². The first-order chi connectivity index (χ1) is 11.3. The lowest BCUT2D eigenvalue weighted by Crippen LogP contribution is -2.23. The van der Waals surface area contributed by atoms with Crippen LogP contribution < -0.4 is 5.32 Å². The highest BCUT2D eigenvalue weighted by Crippen LogP contribution is 2.23. The topological polar surface area (TPSA) is 60.5 Å². The minimum absolute atomic E-state index is 0.0869. The fourth-order valence-corrected chi connectivity index (χ4v) is 2.68. The molecule has 1 atom stereocenters. The first kappa shape index (κ1) is 15.6. The number of nitrogens with zero attached hydrogens (tertiary/aromatic N) is 1. The minimum atomic E-state index is -0.290. The number of aromatic nitrogens is 1. The van der Waals surface area contributed by atoms with Gasteiger partial charge in [-0.25, -0.2) is 0 Å². The average Bonchev–Trinajstić information content (AvgIpc) is 3.09. The molecule has 0 bridgehead atoms. The Morgan fingerprint density at radius 2 is 2.13 bits per heavy atom. The van der Waals surface area contributed by atoms with Crippen LogP contribution in [0.15, 0.2) is 49.2 Å². The third-order valence-corrected chi connectivity index (χ3v) is 3.92. The summed E-state index contributed by atoms with van der Waals surface area (Å²) >= 11 is 0. The molecule has 1 aromatic carbocycles. The Labute approximate surface area is 135 Å². The summed E-state index contributed by atoms with van der Waals surface area (Å²) in [5.41, 5.74) is 1.50. The third-order valence-electron chi connectivity index (χ3n) is 3.92. The molecule has 1 fully saturated rings. The fourth-order valence-electron chi connectivity index (χ4n) is 2.68. The molecule has 2 heterocycles. The van der Waals surface area contributed by atoms with Crippen molar-refractivity contribution in [1.29, 1.82) is 0 Å². The number of nitrogens with one attached hydrogen (secondary N) is 1. The van der Waals surface area contributed by atoms with Crippen molar-refractivity contribution < 1.29 is 14.3 Å². The molecule has 1 saturated heterocycles. The van der Waals surface area contributed by atoms with Crippen molar-refractivity contribution in [2.24, 2.45) is 5.92 Å². The van der Waals surface area contributed by atoms with E-state index in [2.05, 4.69) is 16.9 Å². The molecule has 1 aliphatic heterocycles. The van der Waals surface area contributed by atoms with E-state index >= 15 is 0 Å². The highest BCUT2D eigenvalue weighted by atomic mass is 16.7. The number of fused-ring (bicyclic) bond motifs is 1. The smallest absolute Gasteiger partial charge is 0.231 e. The summed E-state index contributed by atoms with van der Waals surface area (Å²) in [6.45, 7) is 5.02. The van der Waals surface area contributed by atoms with Crippen molar-refractivity contribution in [2.45, 2.75) is 19.1 Å². The molecule has 2 aromatic rings. The molecule has 1 amide bonds. The molecule has 0 spiro atoms. The number of pyridine rings is 1. The van der Waals surface area contributed by atoms with Gasteiger partial charge in [-0.15, -0.1) is 6.58 Å². The molecule has 3 rings (SSSR count). The maximum atomic E-state index is 12.5. The van der Waals surface area contributed by atoms with E-state index in [0.717, 1.165) is 10.9 Å². The van der Waals surface area contributed by atoms with Crippen LogP contribution in [0.25, 0.3) is 10.9 Å². The SMILES string of the molecule is C=CC(CCC1OCCO1)C(=O)Nc1cccc2cccnc12. The van der Waals surface area contributed by atoms with Crippen molar-refractivity contribution in [3.8, 4) is 0 Å². The Bertz CT molecular complexity index is 690. The van der Waals surface area contributed by atoms with Crippen LogP contribution in [0.3, 0.4) is 0 Å². The fraction of sp³-hybridized carbons (Fsp3) is 0.333. The van der Waals surface area contributed by atoms with Gasteiger partial charge in [0.15, 0.2) is 6.29 Å². The van der Waals surface area contributed by atoms with Gasteiger partial charge in [0.05, 0.1) is 30.3 Å². The minimum Gasteiger partial charge on any atom is -0.350 e. The second kappa shape index (κ2) is 7.35. The number of ether oxygens (including phenoxy) is 2. The Hall–Kier alpha value is -2.24. The molecule has 1 aromatic heterocycles. The highest BCUT2D eigenvalue weighted by molar-refractivity contribution is 6.01. The lowest BCUT2D eigenvalue weighted by atomic mass is 10.0. The summed E-state index contributed by atoms with van der Waals surface area (Å²) in [6, 6.07) is 9.58. The molecule has 23 heavy (non-hydrogen) atoms. The Kier molecular flexibility index (Phi) is 5.00. The van der Waals surface area contributed by atoms with Crippen LogP contribution in [0.1, 0.15) is 12.8 Å². The number of amides is 1. The van der Waals surface area contributed by atoms with Crippen LogP contribution in [0.4, 0.5) is 5.69 Å². The molecule has 0 aliphatic carbocycles. The van der Waals surface area contributed by atoms with Crippen molar-refractivity contribution in [2.75, 3.05) is 18.5 Å².